The molecule has 0 atom stereocenters. The zero-order chi connectivity index (χ0) is 6.69. The average Bonchev–Trinajstić information content (AvgIpc) is 2.34. The molecule has 0 unspecified atom stereocenters. The van der Waals surface area contributed by atoms with Crippen molar-refractivity contribution in [2.24, 2.45) is 0 Å². The maximum absolute atomic E-state index is 2.31. The van der Waals surface area contributed by atoms with Crippen LogP contribution in [-0.2, 0) is 12.8 Å². The molecule has 9 heavy (non-hydrogen) atoms. The molecule has 0 aliphatic rings. The van der Waals surface area contributed by atoms with Gasteiger partial charge in [0.15, 0.2) is 10.3 Å². The summed E-state index contributed by atoms with van der Waals surface area (Å²) in [7, 11) is 3.83. The Hall–Kier alpha value is 0.0500. The maximum atomic E-state index is 2.31. The highest BCUT2D eigenvalue weighted by Gasteiger charge is 2.08. The van der Waals surface area contributed by atoms with Crippen molar-refractivity contribution in [3.63, 3.8) is 0 Å². The number of rotatable bonds is 2. The third-order valence-corrected chi connectivity index (χ3v) is 4.13. The zero-order valence-electron chi connectivity index (χ0n) is 5.81. The van der Waals surface area contributed by atoms with Gasteiger partial charge in [-0.1, -0.05) is 13.8 Å². The molecule has 1 aromatic heterocycles. The van der Waals surface area contributed by atoms with Crippen LogP contribution in [0, 0.1) is 0 Å². The second kappa shape index (κ2) is 3.28. The Morgan fingerprint density at radius 3 is 2.56 bits per heavy atom. The van der Waals surface area contributed by atoms with E-state index in [-0.39, 0.29) is 0 Å². The Bertz CT molecular complexity index is 160. The molecule has 1 rings (SSSR count). The predicted octanol–water partition coefficient (Wildman–Crippen LogP) is 3.22. The lowest BCUT2D eigenvalue weighted by molar-refractivity contribution is 1.15. The van der Waals surface area contributed by atoms with Crippen molar-refractivity contribution >= 4 is 20.7 Å². The first-order valence-corrected chi connectivity index (χ1v) is 5.42. The summed E-state index contributed by atoms with van der Waals surface area (Å²) < 4.78 is 0. The molecule has 0 saturated heterocycles. The largest absolute Gasteiger partial charge is 0.295 e. The highest BCUT2D eigenvalue weighted by atomic mass is 32.9. The van der Waals surface area contributed by atoms with E-state index >= 15 is 0 Å². The van der Waals surface area contributed by atoms with Gasteiger partial charge in [-0.2, -0.15) is 0 Å². The Morgan fingerprint density at radius 1 is 1.44 bits per heavy atom. The van der Waals surface area contributed by atoms with Crippen molar-refractivity contribution in [3.05, 3.63) is 15.8 Å². The average molecular weight is 159 g/mol. The first kappa shape index (κ1) is 7.16. The summed E-state index contributed by atoms with van der Waals surface area (Å²) in [4.78, 5) is 3.05. The minimum absolute atomic E-state index is 1.20. The van der Waals surface area contributed by atoms with Crippen molar-refractivity contribution in [2.45, 2.75) is 26.7 Å². The summed E-state index contributed by atoms with van der Waals surface area (Å²) in [5.74, 6) is 0. The van der Waals surface area contributed by atoms with Gasteiger partial charge in [-0.25, -0.2) is 0 Å². The van der Waals surface area contributed by atoms with Crippen LogP contribution in [0.15, 0.2) is 6.07 Å². The van der Waals surface area contributed by atoms with Gasteiger partial charge in [0.25, 0.3) is 10.3 Å². The van der Waals surface area contributed by atoms with Gasteiger partial charge in [-0.3, -0.25) is 0 Å². The third kappa shape index (κ3) is 1.73. The maximum Gasteiger partial charge on any atom is 0.295 e. The van der Waals surface area contributed by atoms with Crippen LogP contribution in [-0.4, -0.2) is 0 Å². The molecule has 0 spiro atoms. The highest BCUT2D eigenvalue weighted by molar-refractivity contribution is 7.69. The van der Waals surface area contributed by atoms with Gasteiger partial charge in [-0.05, 0) is 6.42 Å². The number of hydrogen-bond acceptors (Lipinski definition) is 1. The van der Waals surface area contributed by atoms with E-state index < -0.39 is 0 Å². The van der Waals surface area contributed by atoms with Crippen LogP contribution in [0.5, 0.6) is 0 Å². The van der Waals surface area contributed by atoms with Crippen molar-refractivity contribution in [2.75, 3.05) is 0 Å². The summed E-state index contributed by atoms with van der Waals surface area (Å²) >= 11 is 0. The summed E-state index contributed by atoms with van der Waals surface area (Å²) in [5, 5.41) is 0. The van der Waals surface area contributed by atoms with Gasteiger partial charge in [0.1, 0.15) is 0 Å². The first-order valence-electron chi connectivity index (χ1n) is 3.27. The zero-order valence-corrected chi connectivity index (χ0v) is 7.44. The Kier molecular flexibility index (Phi) is 2.61. The lowest BCUT2D eigenvalue weighted by Gasteiger charge is -1.74. The normalized spacial score (nSPS) is 10.0. The minimum Gasteiger partial charge on any atom is -0.0603 e. The molecular weight excluding hydrogens is 148 g/mol. The molecular formula is C7H11S2+. The summed E-state index contributed by atoms with van der Waals surface area (Å²) in [6.45, 7) is 4.41. The van der Waals surface area contributed by atoms with Crippen molar-refractivity contribution in [3.8, 4) is 0 Å². The third-order valence-electron chi connectivity index (χ3n) is 1.27. The van der Waals surface area contributed by atoms with Crippen molar-refractivity contribution in [1.82, 2.24) is 0 Å². The van der Waals surface area contributed by atoms with Crippen LogP contribution < -0.4 is 0 Å². The summed E-state index contributed by atoms with van der Waals surface area (Å²) in [6.07, 6.45) is 2.39. The van der Waals surface area contributed by atoms with Crippen molar-refractivity contribution in [1.29, 1.82) is 0 Å². The Morgan fingerprint density at radius 2 is 2.22 bits per heavy atom. The van der Waals surface area contributed by atoms with E-state index in [0.29, 0.717) is 0 Å². The molecule has 2 heteroatoms. The minimum atomic E-state index is 1.20. The molecule has 0 bridgehead atoms. The predicted molar refractivity (Wildman–Crippen MR) is 45.4 cm³/mol. The van der Waals surface area contributed by atoms with E-state index in [9.17, 15) is 0 Å². The molecule has 0 aliphatic carbocycles. The van der Waals surface area contributed by atoms with Crippen LogP contribution in [0.1, 0.15) is 23.6 Å². The molecule has 0 aromatic carbocycles. The molecule has 0 saturated carbocycles. The van der Waals surface area contributed by atoms with Gasteiger partial charge in [0.2, 0.25) is 4.88 Å². The molecule has 50 valence electrons. The fraction of sp³-hybridized carbons (Fsp3) is 0.571. The highest BCUT2D eigenvalue weighted by Crippen LogP contribution is 2.22. The molecule has 0 radical (unpaired) electrons. The lowest BCUT2D eigenvalue weighted by Crippen LogP contribution is -1.70. The van der Waals surface area contributed by atoms with Crippen LogP contribution in [0.25, 0.3) is 0 Å². The monoisotopic (exact) mass is 159 g/mol. The van der Waals surface area contributed by atoms with E-state index in [4.69, 9.17) is 0 Å². The summed E-state index contributed by atoms with van der Waals surface area (Å²) in [5.41, 5.74) is 0. The summed E-state index contributed by atoms with van der Waals surface area (Å²) in [6, 6.07) is 2.31. The molecule has 0 amide bonds. The van der Waals surface area contributed by atoms with Crippen LogP contribution in [0.3, 0.4) is 0 Å². The molecule has 0 nitrogen and oxygen atoms in total. The van der Waals surface area contributed by atoms with Gasteiger partial charge in [0, 0.05) is 12.5 Å². The molecule has 1 heterocycles. The quantitative estimate of drug-likeness (QED) is 0.459. The van der Waals surface area contributed by atoms with E-state index in [2.05, 4.69) is 19.9 Å². The van der Waals surface area contributed by atoms with E-state index in [1.165, 1.54) is 22.6 Å². The fourth-order valence-electron chi connectivity index (χ4n) is 0.657. The second-order valence-electron chi connectivity index (χ2n) is 1.95. The van der Waals surface area contributed by atoms with E-state index in [0.717, 1.165) is 0 Å². The van der Waals surface area contributed by atoms with Gasteiger partial charge in [0.05, 0.1) is 4.88 Å². The number of aryl methyl sites for hydroxylation is 2. The molecule has 0 N–H and O–H groups in total. The van der Waals surface area contributed by atoms with E-state index in [1.54, 1.807) is 0 Å². The topological polar surface area (TPSA) is 0 Å². The molecule has 0 fully saturated rings. The fourth-order valence-corrected chi connectivity index (χ4v) is 3.20. The van der Waals surface area contributed by atoms with Crippen LogP contribution >= 0.6 is 20.7 Å². The lowest BCUT2D eigenvalue weighted by atomic mass is 10.3. The SMILES string of the molecule is CCc1cc(CC)[s+]s1. The number of hydrogen-bond donors (Lipinski definition) is 0. The molecule has 0 aliphatic heterocycles. The van der Waals surface area contributed by atoms with Crippen molar-refractivity contribution < 1.29 is 0 Å². The smallest absolute Gasteiger partial charge is 0.0603 e. The van der Waals surface area contributed by atoms with E-state index in [1.807, 2.05) is 20.7 Å². The Labute approximate surface area is 63.6 Å². The second-order valence-corrected chi connectivity index (χ2v) is 4.33. The van der Waals surface area contributed by atoms with Crippen LogP contribution in [0.4, 0.5) is 0 Å². The Balaban J connectivity index is 2.74. The van der Waals surface area contributed by atoms with Gasteiger partial charge in [-0.15, -0.1) is 0 Å². The van der Waals surface area contributed by atoms with Gasteiger partial charge < -0.3 is 0 Å². The standard InChI is InChI=1S/C7H11S2/c1-3-6-5-7(4-2)9-8-6/h5H,3-4H2,1-2H3/q+1. The molecule has 1 aromatic rings. The van der Waals surface area contributed by atoms with Gasteiger partial charge >= 0.3 is 0 Å². The van der Waals surface area contributed by atoms with Crippen LogP contribution in [0.2, 0.25) is 0 Å². The first-order chi connectivity index (χ1) is 4.36.